The second kappa shape index (κ2) is 8.20. The van der Waals surface area contributed by atoms with E-state index in [1.165, 1.54) is 22.7 Å². The van der Waals surface area contributed by atoms with Gasteiger partial charge < -0.3 is 4.74 Å². The van der Waals surface area contributed by atoms with Gasteiger partial charge in [-0.1, -0.05) is 30.3 Å². The third kappa shape index (κ3) is 4.27. The first-order chi connectivity index (χ1) is 13.0. The number of benzene rings is 1. The minimum atomic E-state index is -1.03. The van der Waals surface area contributed by atoms with Crippen molar-refractivity contribution in [3.05, 3.63) is 57.0 Å². The maximum absolute atomic E-state index is 12.4. The van der Waals surface area contributed by atoms with E-state index < -0.39 is 24.3 Å². The molecule has 0 bridgehead atoms. The summed E-state index contributed by atoms with van der Waals surface area (Å²) >= 11 is 2.46. The van der Waals surface area contributed by atoms with Crippen LogP contribution in [0.2, 0.25) is 0 Å². The van der Waals surface area contributed by atoms with Crippen LogP contribution in [0.1, 0.15) is 32.0 Å². The lowest BCUT2D eigenvalue weighted by Crippen LogP contribution is -2.19. The third-order valence-corrected chi connectivity index (χ3v) is 5.90. The summed E-state index contributed by atoms with van der Waals surface area (Å²) in [6.45, 7) is 3.03. The Bertz CT molecular complexity index is 1020. The number of nitrogens with zero attached hydrogens (tertiary/aromatic N) is 3. The topological polar surface area (TPSA) is 92.9 Å². The van der Waals surface area contributed by atoms with Crippen LogP contribution in [0.3, 0.4) is 0 Å². The second-order valence-electron chi connectivity index (χ2n) is 5.73. The molecular formula is C19H15N3O3S2. The molecule has 0 spiro atoms. The predicted octanol–water partition coefficient (Wildman–Crippen LogP) is 3.92. The number of ketones is 1. The fraction of sp³-hybridized carbons (Fsp3) is 0.211. The van der Waals surface area contributed by atoms with Gasteiger partial charge in [-0.2, -0.15) is 5.26 Å². The molecular weight excluding hydrogens is 382 g/mol. The molecule has 0 saturated heterocycles. The zero-order valence-electron chi connectivity index (χ0n) is 14.6. The van der Waals surface area contributed by atoms with Gasteiger partial charge in [-0.3, -0.25) is 4.79 Å². The highest BCUT2D eigenvalue weighted by atomic mass is 32.1. The number of carbonyl (C=O) groups is 2. The Morgan fingerprint density at radius 2 is 1.96 bits per heavy atom. The number of rotatable bonds is 6. The monoisotopic (exact) mass is 397 g/mol. The van der Waals surface area contributed by atoms with Gasteiger partial charge in [0.25, 0.3) is 0 Å². The van der Waals surface area contributed by atoms with Crippen molar-refractivity contribution < 1.29 is 14.3 Å². The number of Topliss-reactive ketones (excluding diaryl/α,β-unsaturated/α-hetero) is 1. The predicted molar refractivity (Wildman–Crippen MR) is 103 cm³/mol. The molecule has 0 aliphatic heterocycles. The van der Waals surface area contributed by atoms with Crippen molar-refractivity contribution in [3.8, 4) is 16.6 Å². The Morgan fingerprint density at radius 1 is 1.22 bits per heavy atom. The summed E-state index contributed by atoms with van der Waals surface area (Å²) in [4.78, 5) is 33.6. The number of thiazole rings is 2. The Morgan fingerprint density at radius 3 is 2.59 bits per heavy atom. The smallest absolute Gasteiger partial charge is 0.350 e. The van der Waals surface area contributed by atoms with Crippen molar-refractivity contribution in [2.45, 2.75) is 19.8 Å². The molecule has 3 aromatic rings. The van der Waals surface area contributed by atoms with Gasteiger partial charge in [-0.25, -0.2) is 14.8 Å². The lowest BCUT2D eigenvalue weighted by Gasteiger charge is -2.06. The van der Waals surface area contributed by atoms with Gasteiger partial charge in [0.2, 0.25) is 0 Å². The molecule has 0 unspecified atom stereocenters. The van der Waals surface area contributed by atoms with Crippen LogP contribution in [0, 0.1) is 25.2 Å². The third-order valence-electron chi connectivity index (χ3n) is 3.68. The summed E-state index contributed by atoms with van der Waals surface area (Å²) in [5.41, 5.74) is 2.20. The highest BCUT2D eigenvalue weighted by Crippen LogP contribution is 2.28. The molecule has 6 nitrogen and oxygen atoms in total. The van der Waals surface area contributed by atoms with Crippen LogP contribution in [0.5, 0.6) is 0 Å². The SMILES string of the molecule is Cc1csc([C@@H](C#N)C(=O)COC(=O)c2sc(-c3ccccc3)nc2C)n1. The molecule has 2 heterocycles. The number of hydrogen-bond donors (Lipinski definition) is 0. The highest BCUT2D eigenvalue weighted by Gasteiger charge is 2.25. The van der Waals surface area contributed by atoms with E-state index >= 15 is 0 Å². The maximum atomic E-state index is 12.4. The average molecular weight is 397 g/mol. The maximum Gasteiger partial charge on any atom is 0.350 e. The molecule has 3 rings (SSSR count). The van der Waals surface area contributed by atoms with Crippen molar-refractivity contribution in [2.75, 3.05) is 6.61 Å². The van der Waals surface area contributed by atoms with Crippen LogP contribution >= 0.6 is 22.7 Å². The standard InChI is InChI=1S/C19H15N3O3S2/c1-11-10-26-18(21-11)14(8-20)15(23)9-25-19(24)16-12(2)22-17(27-16)13-6-4-3-5-7-13/h3-7,10,14H,9H2,1-2H3/t14-/m0/s1. The van der Waals surface area contributed by atoms with Crippen molar-refractivity contribution in [2.24, 2.45) is 0 Å². The van der Waals surface area contributed by atoms with Gasteiger partial charge in [0.05, 0.1) is 11.8 Å². The Labute approximate surface area is 164 Å². The Balaban J connectivity index is 1.68. The number of carbonyl (C=O) groups excluding carboxylic acids is 2. The van der Waals surface area contributed by atoms with Crippen molar-refractivity contribution in [3.63, 3.8) is 0 Å². The molecule has 0 radical (unpaired) electrons. The molecule has 27 heavy (non-hydrogen) atoms. The van der Waals surface area contributed by atoms with Crippen LogP contribution in [0.15, 0.2) is 35.7 Å². The molecule has 0 aliphatic rings. The molecule has 8 heteroatoms. The minimum Gasteiger partial charge on any atom is -0.453 e. The number of hydrogen-bond acceptors (Lipinski definition) is 8. The zero-order chi connectivity index (χ0) is 19.4. The first-order valence-electron chi connectivity index (χ1n) is 8.04. The van der Waals surface area contributed by atoms with Gasteiger partial charge in [0, 0.05) is 16.6 Å². The van der Waals surface area contributed by atoms with E-state index in [0.29, 0.717) is 20.6 Å². The number of ether oxygens (including phenoxy) is 1. The van der Waals surface area contributed by atoms with Crippen LogP contribution in [-0.4, -0.2) is 28.3 Å². The molecule has 2 aromatic heterocycles. The zero-order valence-corrected chi connectivity index (χ0v) is 16.3. The average Bonchev–Trinajstić information content (AvgIpc) is 3.27. The van der Waals surface area contributed by atoms with E-state index in [2.05, 4.69) is 9.97 Å². The van der Waals surface area contributed by atoms with E-state index in [4.69, 9.17) is 4.74 Å². The molecule has 0 aliphatic carbocycles. The van der Waals surface area contributed by atoms with E-state index in [0.717, 1.165) is 11.3 Å². The van der Waals surface area contributed by atoms with Gasteiger partial charge in [0.1, 0.15) is 14.9 Å². The highest BCUT2D eigenvalue weighted by molar-refractivity contribution is 7.17. The van der Waals surface area contributed by atoms with Crippen molar-refractivity contribution in [1.82, 2.24) is 9.97 Å². The Kier molecular flexibility index (Phi) is 5.74. The van der Waals surface area contributed by atoms with E-state index in [1.54, 1.807) is 19.2 Å². The quantitative estimate of drug-likeness (QED) is 0.585. The minimum absolute atomic E-state index is 0.347. The number of nitriles is 1. The summed E-state index contributed by atoms with van der Waals surface area (Å²) in [7, 11) is 0. The molecule has 0 amide bonds. The van der Waals surface area contributed by atoms with Gasteiger partial charge in [0.15, 0.2) is 18.3 Å². The molecule has 0 fully saturated rings. The van der Waals surface area contributed by atoms with Gasteiger partial charge in [-0.15, -0.1) is 22.7 Å². The Hall–Kier alpha value is -2.89. The first-order valence-corrected chi connectivity index (χ1v) is 9.73. The first kappa shape index (κ1) is 18.9. The van der Waals surface area contributed by atoms with Crippen LogP contribution in [-0.2, 0) is 9.53 Å². The largest absolute Gasteiger partial charge is 0.453 e. The van der Waals surface area contributed by atoms with Crippen molar-refractivity contribution in [1.29, 1.82) is 5.26 Å². The van der Waals surface area contributed by atoms with Gasteiger partial charge >= 0.3 is 5.97 Å². The summed E-state index contributed by atoms with van der Waals surface area (Å²) in [5.74, 6) is -2.14. The van der Waals surface area contributed by atoms with E-state index in [1.807, 2.05) is 36.4 Å². The fourth-order valence-corrected chi connectivity index (χ4v) is 4.17. The van der Waals surface area contributed by atoms with Crippen LogP contribution < -0.4 is 0 Å². The van der Waals surface area contributed by atoms with Crippen LogP contribution in [0.4, 0.5) is 0 Å². The lowest BCUT2D eigenvalue weighted by atomic mass is 10.1. The molecule has 136 valence electrons. The molecule has 0 N–H and O–H groups in total. The summed E-state index contributed by atoms with van der Waals surface area (Å²) in [5, 5.41) is 12.2. The second-order valence-corrected chi connectivity index (χ2v) is 7.62. The summed E-state index contributed by atoms with van der Waals surface area (Å²) in [6, 6.07) is 11.4. The fourth-order valence-electron chi connectivity index (χ4n) is 2.35. The number of aromatic nitrogens is 2. The van der Waals surface area contributed by atoms with E-state index in [9.17, 15) is 14.9 Å². The van der Waals surface area contributed by atoms with E-state index in [-0.39, 0.29) is 0 Å². The van der Waals surface area contributed by atoms with Gasteiger partial charge in [-0.05, 0) is 13.8 Å². The summed E-state index contributed by atoms with van der Waals surface area (Å²) < 4.78 is 5.14. The molecule has 1 atom stereocenters. The molecule has 1 aromatic carbocycles. The summed E-state index contributed by atoms with van der Waals surface area (Å²) in [6.07, 6.45) is 0. The number of esters is 1. The normalized spacial score (nSPS) is 11.6. The van der Waals surface area contributed by atoms with Crippen LogP contribution in [0.25, 0.3) is 10.6 Å². The molecule has 0 saturated carbocycles. The van der Waals surface area contributed by atoms with Crippen molar-refractivity contribution >= 4 is 34.4 Å². The lowest BCUT2D eigenvalue weighted by molar-refractivity contribution is -0.122. The number of aryl methyl sites for hydroxylation is 2.